The molecule has 0 fully saturated rings. The largest absolute Gasteiger partial charge is 0.497 e. The van der Waals surface area contributed by atoms with Crippen molar-refractivity contribution >= 4 is 9.84 Å². The summed E-state index contributed by atoms with van der Waals surface area (Å²) in [5.41, 5.74) is 1.93. The third-order valence-electron chi connectivity index (χ3n) is 2.87. The summed E-state index contributed by atoms with van der Waals surface area (Å²) in [5.74, 6) is 0.559. The lowest BCUT2D eigenvalue weighted by molar-refractivity contribution is 0.415. The third kappa shape index (κ3) is 2.98. The smallest absolute Gasteiger partial charge is 0.175 e. The molecule has 20 heavy (non-hydrogen) atoms. The van der Waals surface area contributed by atoms with E-state index in [9.17, 15) is 8.42 Å². The van der Waals surface area contributed by atoms with E-state index in [1.165, 1.54) is 13.4 Å². The van der Waals surface area contributed by atoms with E-state index in [0.29, 0.717) is 11.3 Å². The van der Waals surface area contributed by atoms with Gasteiger partial charge in [-0.3, -0.25) is 0 Å². The Morgan fingerprint density at radius 2 is 1.85 bits per heavy atom. The average molecular weight is 287 g/mol. The van der Waals surface area contributed by atoms with Crippen LogP contribution >= 0.6 is 0 Å². The Morgan fingerprint density at radius 3 is 2.45 bits per heavy atom. The van der Waals surface area contributed by atoms with E-state index in [1.807, 2.05) is 0 Å². The Morgan fingerprint density at radius 1 is 1.10 bits per heavy atom. The molecule has 0 N–H and O–H groups in total. The van der Waals surface area contributed by atoms with E-state index in [0.717, 1.165) is 11.1 Å². The lowest BCUT2D eigenvalue weighted by atomic mass is 10.0. The predicted octanol–water partition coefficient (Wildman–Crippen LogP) is 2.64. The highest BCUT2D eigenvalue weighted by Crippen LogP contribution is 2.27. The van der Waals surface area contributed by atoms with Crippen LogP contribution < -0.4 is 4.74 Å². The number of ether oxygens (including phenoxy) is 1. The van der Waals surface area contributed by atoms with Crippen molar-refractivity contribution in [3.8, 4) is 22.9 Å². The molecule has 0 aliphatic heterocycles. The first-order chi connectivity index (χ1) is 9.44. The van der Waals surface area contributed by atoms with Crippen molar-refractivity contribution in [2.75, 3.05) is 13.4 Å². The standard InChI is InChI=1S/C15H13NO3S/c1-19-14-7-11(10-16)6-13(8-14)12-4-3-5-15(9-12)20(2,17)18/h3-9H,1-2H3. The number of benzene rings is 2. The molecule has 0 aliphatic carbocycles. The number of hydrogen-bond acceptors (Lipinski definition) is 4. The molecule has 4 nitrogen and oxygen atoms in total. The fourth-order valence-electron chi connectivity index (χ4n) is 1.85. The summed E-state index contributed by atoms with van der Waals surface area (Å²) in [4.78, 5) is 0.247. The van der Waals surface area contributed by atoms with E-state index < -0.39 is 9.84 Å². The second kappa shape index (κ2) is 5.35. The molecule has 5 heteroatoms. The first-order valence-electron chi connectivity index (χ1n) is 5.84. The summed E-state index contributed by atoms with van der Waals surface area (Å²) in [6.07, 6.45) is 1.17. The average Bonchev–Trinajstić information content (AvgIpc) is 2.46. The monoisotopic (exact) mass is 287 g/mol. The molecule has 0 saturated heterocycles. The van der Waals surface area contributed by atoms with Gasteiger partial charge in [0, 0.05) is 6.26 Å². The SMILES string of the molecule is COc1cc(C#N)cc(-c2cccc(S(C)(=O)=O)c2)c1. The summed E-state index contributed by atoms with van der Waals surface area (Å²) in [6, 6.07) is 13.8. The highest BCUT2D eigenvalue weighted by atomic mass is 32.2. The normalized spacial score (nSPS) is 10.8. The molecule has 2 aromatic carbocycles. The fraction of sp³-hybridized carbons (Fsp3) is 0.133. The number of nitrogens with zero attached hydrogens (tertiary/aromatic N) is 1. The summed E-state index contributed by atoms with van der Waals surface area (Å²) in [7, 11) is -1.74. The zero-order valence-corrected chi connectivity index (χ0v) is 11.9. The fourth-order valence-corrected chi connectivity index (χ4v) is 2.52. The molecule has 2 aromatic rings. The van der Waals surface area contributed by atoms with E-state index in [-0.39, 0.29) is 4.90 Å². The molecule has 0 bridgehead atoms. The van der Waals surface area contributed by atoms with Gasteiger partial charge in [-0.15, -0.1) is 0 Å². The zero-order valence-electron chi connectivity index (χ0n) is 11.1. The third-order valence-corrected chi connectivity index (χ3v) is 3.98. The van der Waals surface area contributed by atoms with Crippen LogP contribution in [-0.4, -0.2) is 21.8 Å². The molecular formula is C15H13NO3S. The highest BCUT2D eigenvalue weighted by Gasteiger charge is 2.09. The summed E-state index contributed by atoms with van der Waals surface area (Å²) >= 11 is 0. The van der Waals surface area contributed by atoms with Gasteiger partial charge < -0.3 is 4.74 Å². The van der Waals surface area contributed by atoms with E-state index >= 15 is 0 Å². The maximum atomic E-state index is 11.6. The van der Waals surface area contributed by atoms with Crippen molar-refractivity contribution in [3.63, 3.8) is 0 Å². The van der Waals surface area contributed by atoms with Gasteiger partial charge in [0.1, 0.15) is 5.75 Å². The Labute approximate surface area is 118 Å². The van der Waals surface area contributed by atoms with Gasteiger partial charge in [0.05, 0.1) is 23.6 Å². The number of sulfone groups is 1. The van der Waals surface area contributed by atoms with Crippen LogP contribution in [0.2, 0.25) is 0 Å². The van der Waals surface area contributed by atoms with E-state index in [1.54, 1.807) is 42.5 Å². The van der Waals surface area contributed by atoms with Crippen LogP contribution in [0.3, 0.4) is 0 Å². The van der Waals surface area contributed by atoms with Gasteiger partial charge in [-0.1, -0.05) is 12.1 Å². The molecule has 0 spiro atoms. The quantitative estimate of drug-likeness (QED) is 0.870. The molecule has 102 valence electrons. The van der Waals surface area contributed by atoms with Crippen molar-refractivity contribution in [1.29, 1.82) is 5.26 Å². The highest BCUT2D eigenvalue weighted by molar-refractivity contribution is 7.90. The molecule has 0 aromatic heterocycles. The van der Waals surface area contributed by atoms with Crippen molar-refractivity contribution < 1.29 is 13.2 Å². The van der Waals surface area contributed by atoms with E-state index in [4.69, 9.17) is 10.00 Å². The maximum Gasteiger partial charge on any atom is 0.175 e. The molecule has 0 heterocycles. The molecule has 0 atom stereocenters. The number of rotatable bonds is 3. The van der Waals surface area contributed by atoms with Gasteiger partial charge in [-0.25, -0.2) is 8.42 Å². The predicted molar refractivity (Wildman–Crippen MR) is 76.3 cm³/mol. The van der Waals surface area contributed by atoms with Gasteiger partial charge in [0.2, 0.25) is 0 Å². The number of nitriles is 1. The van der Waals surface area contributed by atoms with Crippen molar-refractivity contribution in [2.24, 2.45) is 0 Å². The number of methoxy groups -OCH3 is 1. The molecule has 2 rings (SSSR count). The van der Waals surface area contributed by atoms with E-state index in [2.05, 4.69) is 6.07 Å². The second-order valence-electron chi connectivity index (χ2n) is 4.36. The second-order valence-corrected chi connectivity index (χ2v) is 6.38. The van der Waals surface area contributed by atoms with Crippen LogP contribution in [0.4, 0.5) is 0 Å². The Balaban J connectivity index is 2.60. The van der Waals surface area contributed by atoms with Crippen LogP contribution in [0.5, 0.6) is 5.75 Å². The van der Waals surface area contributed by atoms with Crippen molar-refractivity contribution in [3.05, 3.63) is 48.0 Å². The van der Waals surface area contributed by atoms with Gasteiger partial charge in [-0.05, 0) is 41.5 Å². The molecule has 0 amide bonds. The van der Waals surface area contributed by atoms with Crippen molar-refractivity contribution in [2.45, 2.75) is 4.90 Å². The summed E-state index contributed by atoms with van der Waals surface area (Å²) in [5, 5.41) is 9.01. The Hall–Kier alpha value is -2.32. The van der Waals surface area contributed by atoms with Crippen LogP contribution in [-0.2, 0) is 9.84 Å². The molecule has 0 aliphatic rings. The first kappa shape index (κ1) is 14.1. The lowest BCUT2D eigenvalue weighted by Crippen LogP contribution is -1.97. The number of hydrogen-bond donors (Lipinski definition) is 0. The summed E-state index contributed by atoms with van der Waals surface area (Å²) < 4.78 is 28.3. The van der Waals surface area contributed by atoms with Gasteiger partial charge in [0.15, 0.2) is 9.84 Å². The van der Waals surface area contributed by atoms with Crippen LogP contribution in [0.1, 0.15) is 5.56 Å². The molecule has 0 radical (unpaired) electrons. The van der Waals surface area contributed by atoms with Crippen LogP contribution in [0, 0.1) is 11.3 Å². The molecule has 0 saturated carbocycles. The van der Waals surface area contributed by atoms with Gasteiger partial charge >= 0.3 is 0 Å². The van der Waals surface area contributed by atoms with Crippen LogP contribution in [0.25, 0.3) is 11.1 Å². The minimum absolute atomic E-state index is 0.247. The first-order valence-corrected chi connectivity index (χ1v) is 7.73. The van der Waals surface area contributed by atoms with Gasteiger partial charge in [-0.2, -0.15) is 5.26 Å². The zero-order chi connectivity index (χ0) is 14.8. The maximum absolute atomic E-state index is 11.6. The summed E-state index contributed by atoms with van der Waals surface area (Å²) in [6.45, 7) is 0. The molecule has 0 unspecified atom stereocenters. The van der Waals surface area contributed by atoms with Crippen LogP contribution in [0.15, 0.2) is 47.4 Å². The minimum Gasteiger partial charge on any atom is -0.497 e. The van der Waals surface area contributed by atoms with Gasteiger partial charge in [0.25, 0.3) is 0 Å². The molecular weight excluding hydrogens is 274 g/mol. The topological polar surface area (TPSA) is 67.2 Å². The minimum atomic E-state index is -3.26. The van der Waals surface area contributed by atoms with Crippen molar-refractivity contribution in [1.82, 2.24) is 0 Å². The Kier molecular flexibility index (Phi) is 3.77. The Bertz CT molecular complexity index is 789. The lowest BCUT2D eigenvalue weighted by Gasteiger charge is -2.07.